The van der Waals surface area contributed by atoms with Crippen molar-refractivity contribution in [1.29, 1.82) is 0 Å². The molecule has 3 rings (SSSR count). The van der Waals surface area contributed by atoms with Gasteiger partial charge in [-0.15, -0.1) is 0 Å². The van der Waals surface area contributed by atoms with Crippen molar-refractivity contribution in [2.45, 2.75) is 30.2 Å². The fourth-order valence-electron chi connectivity index (χ4n) is 2.91. The Labute approximate surface area is 141 Å². The molecule has 1 aliphatic carbocycles. The molecule has 0 radical (unpaired) electrons. The summed E-state index contributed by atoms with van der Waals surface area (Å²) < 4.78 is 54.7. The van der Waals surface area contributed by atoms with Gasteiger partial charge in [0.05, 0.1) is 0 Å². The van der Waals surface area contributed by atoms with Gasteiger partial charge in [-0.3, -0.25) is 0 Å². The largest absolute Gasteiger partial charge is 0.245 e. The molecule has 122 valence electrons. The molecule has 0 heterocycles. The molecule has 23 heavy (non-hydrogen) atoms. The first kappa shape index (κ1) is 16.5. The van der Waals surface area contributed by atoms with E-state index in [1.165, 1.54) is 0 Å². The molecule has 0 aliphatic heterocycles. The summed E-state index contributed by atoms with van der Waals surface area (Å²) in [5.74, 6) is -1.95. The van der Waals surface area contributed by atoms with Crippen LogP contribution in [-0.4, -0.2) is 8.42 Å². The van der Waals surface area contributed by atoms with Crippen LogP contribution in [-0.2, 0) is 16.4 Å². The molecule has 0 aromatic heterocycles. The zero-order valence-electron chi connectivity index (χ0n) is 12.0. The van der Waals surface area contributed by atoms with Gasteiger partial charge in [-0.2, -0.15) is 0 Å². The SMILES string of the molecule is O=S(=O)(N[C@@H]1CCCc2ccccc21)c1c(F)cc(F)cc1Br. The van der Waals surface area contributed by atoms with E-state index in [9.17, 15) is 17.2 Å². The number of benzene rings is 2. The lowest BCUT2D eigenvalue weighted by Crippen LogP contribution is -2.31. The van der Waals surface area contributed by atoms with Crippen LogP contribution >= 0.6 is 15.9 Å². The number of nitrogens with one attached hydrogen (secondary N) is 1. The Morgan fingerprint density at radius 2 is 1.91 bits per heavy atom. The van der Waals surface area contributed by atoms with Crippen molar-refractivity contribution < 1.29 is 17.2 Å². The lowest BCUT2D eigenvalue weighted by molar-refractivity contribution is 0.499. The summed E-state index contributed by atoms with van der Waals surface area (Å²) in [6, 6.07) is 8.68. The second-order valence-corrected chi connectivity index (χ2v) is 7.97. The Morgan fingerprint density at radius 1 is 1.17 bits per heavy atom. The molecule has 1 N–H and O–H groups in total. The molecule has 3 nitrogen and oxygen atoms in total. The van der Waals surface area contributed by atoms with E-state index in [4.69, 9.17) is 0 Å². The lowest BCUT2D eigenvalue weighted by atomic mass is 9.88. The first-order valence-electron chi connectivity index (χ1n) is 7.13. The summed E-state index contributed by atoms with van der Waals surface area (Å²) in [5.41, 5.74) is 1.99. The number of hydrogen-bond donors (Lipinski definition) is 1. The molecule has 0 spiro atoms. The highest BCUT2D eigenvalue weighted by molar-refractivity contribution is 9.10. The van der Waals surface area contributed by atoms with Crippen molar-refractivity contribution in [2.24, 2.45) is 0 Å². The van der Waals surface area contributed by atoms with Gasteiger partial charge in [0.15, 0.2) is 0 Å². The molecular formula is C16H14BrF2NO2S. The molecule has 0 saturated heterocycles. The van der Waals surface area contributed by atoms with Crippen LogP contribution in [0.15, 0.2) is 45.8 Å². The fourth-order valence-corrected chi connectivity index (χ4v) is 5.32. The van der Waals surface area contributed by atoms with Crippen LogP contribution in [0, 0.1) is 11.6 Å². The van der Waals surface area contributed by atoms with Gasteiger partial charge in [-0.1, -0.05) is 24.3 Å². The van der Waals surface area contributed by atoms with Crippen LogP contribution in [0.4, 0.5) is 8.78 Å². The van der Waals surface area contributed by atoms with E-state index in [0.29, 0.717) is 12.5 Å². The van der Waals surface area contributed by atoms with Crippen LogP contribution in [0.25, 0.3) is 0 Å². The number of sulfonamides is 1. The highest BCUT2D eigenvalue weighted by atomic mass is 79.9. The quantitative estimate of drug-likeness (QED) is 0.841. The van der Waals surface area contributed by atoms with Crippen molar-refractivity contribution in [3.63, 3.8) is 0 Å². The van der Waals surface area contributed by atoms with Crippen LogP contribution in [0.3, 0.4) is 0 Å². The Bertz CT molecular complexity index is 832. The van der Waals surface area contributed by atoms with Gasteiger partial charge in [-0.05, 0) is 52.4 Å². The van der Waals surface area contributed by atoms with E-state index in [0.717, 1.165) is 30.0 Å². The molecule has 0 fully saturated rings. The van der Waals surface area contributed by atoms with Crippen LogP contribution < -0.4 is 4.72 Å². The van der Waals surface area contributed by atoms with Gasteiger partial charge in [0, 0.05) is 16.6 Å². The zero-order valence-corrected chi connectivity index (χ0v) is 14.4. The number of fused-ring (bicyclic) bond motifs is 1. The molecule has 7 heteroatoms. The Balaban J connectivity index is 1.98. The molecule has 1 aliphatic rings. The summed E-state index contributed by atoms with van der Waals surface area (Å²) in [4.78, 5) is -0.568. The normalized spacial score (nSPS) is 17.8. The average Bonchev–Trinajstić information content (AvgIpc) is 2.45. The van der Waals surface area contributed by atoms with Crippen molar-refractivity contribution in [1.82, 2.24) is 4.72 Å². The number of rotatable bonds is 3. The minimum Gasteiger partial charge on any atom is -0.207 e. The number of hydrogen-bond acceptors (Lipinski definition) is 2. The van der Waals surface area contributed by atoms with Gasteiger partial charge in [0.1, 0.15) is 16.5 Å². The van der Waals surface area contributed by atoms with E-state index in [-0.39, 0.29) is 4.47 Å². The minimum absolute atomic E-state index is 0.133. The highest BCUT2D eigenvalue weighted by Crippen LogP contribution is 2.33. The van der Waals surface area contributed by atoms with E-state index in [2.05, 4.69) is 20.7 Å². The Kier molecular flexibility index (Phi) is 4.53. The van der Waals surface area contributed by atoms with Crippen LogP contribution in [0.5, 0.6) is 0 Å². The van der Waals surface area contributed by atoms with Gasteiger partial charge in [0.2, 0.25) is 10.0 Å². The second kappa shape index (κ2) is 6.30. The molecular weight excluding hydrogens is 388 g/mol. The topological polar surface area (TPSA) is 46.2 Å². The maximum atomic E-state index is 14.0. The van der Waals surface area contributed by atoms with E-state index in [1.54, 1.807) is 0 Å². The molecule has 0 amide bonds. The van der Waals surface area contributed by atoms with Crippen molar-refractivity contribution in [2.75, 3.05) is 0 Å². The maximum Gasteiger partial charge on any atom is 0.245 e. The molecule has 1 atom stereocenters. The highest BCUT2D eigenvalue weighted by Gasteiger charge is 2.29. The summed E-state index contributed by atoms with van der Waals surface area (Å²) in [6.45, 7) is 0. The van der Waals surface area contributed by atoms with E-state index < -0.39 is 32.6 Å². The molecule has 0 unspecified atom stereocenters. The lowest BCUT2D eigenvalue weighted by Gasteiger charge is -2.26. The van der Waals surface area contributed by atoms with Gasteiger partial charge in [-0.25, -0.2) is 21.9 Å². The predicted molar refractivity (Wildman–Crippen MR) is 86.5 cm³/mol. The van der Waals surface area contributed by atoms with E-state index >= 15 is 0 Å². The number of halogens is 3. The molecule has 0 saturated carbocycles. The van der Waals surface area contributed by atoms with E-state index in [1.807, 2.05) is 24.3 Å². The third-order valence-corrected chi connectivity index (χ3v) is 6.33. The number of aryl methyl sites for hydroxylation is 1. The monoisotopic (exact) mass is 401 g/mol. The van der Waals surface area contributed by atoms with Gasteiger partial charge < -0.3 is 0 Å². The van der Waals surface area contributed by atoms with Gasteiger partial charge in [0.25, 0.3) is 0 Å². The first-order valence-corrected chi connectivity index (χ1v) is 9.41. The third kappa shape index (κ3) is 3.32. The first-order chi connectivity index (χ1) is 10.9. The summed E-state index contributed by atoms with van der Waals surface area (Å²) in [5, 5.41) is 0. The van der Waals surface area contributed by atoms with Crippen LogP contribution in [0.2, 0.25) is 0 Å². The third-order valence-electron chi connectivity index (χ3n) is 3.90. The van der Waals surface area contributed by atoms with Crippen molar-refractivity contribution in [3.8, 4) is 0 Å². The maximum absolute atomic E-state index is 14.0. The molecule has 2 aromatic rings. The van der Waals surface area contributed by atoms with Crippen molar-refractivity contribution in [3.05, 3.63) is 63.6 Å². The average molecular weight is 402 g/mol. The standard InChI is InChI=1S/C16H14BrF2NO2S/c17-13-8-11(18)9-14(19)16(13)23(21,22)20-15-7-3-5-10-4-1-2-6-12(10)15/h1-2,4,6,8-9,15,20H,3,5,7H2/t15-/m1/s1. The zero-order chi connectivity index (χ0) is 16.6. The summed E-state index contributed by atoms with van der Waals surface area (Å²) in [7, 11) is -4.12. The molecule has 0 bridgehead atoms. The van der Waals surface area contributed by atoms with Gasteiger partial charge >= 0.3 is 0 Å². The smallest absolute Gasteiger partial charge is 0.207 e. The Hall–Kier alpha value is -1.31. The van der Waals surface area contributed by atoms with Crippen molar-refractivity contribution >= 4 is 26.0 Å². The fraction of sp³-hybridized carbons (Fsp3) is 0.250. The summed E-state index contributed by atoms with van der Waals surface area (Å²) >= 11 is 2.93. The predicted octanol–water partition coefficient (Wildman–Crippen LogP) is 4.08. The second-order valence-electron chi connectivity index (χ2n) is 5.46. The molecule has 2 aromatic carbocycles. The Morgan fingerprint density at radius 3 is 2.65 bits per heavy atom. The minimum atomic E-state index is -4.12. The summed E-state index contributed by atoms with van der Waals surface area (Å²) in [6.07, 6.45) is 2.37. The van der Waals surface area contributed by atoms with Crippen LogP contribution in [0.1, 0.15) is 30.0 Å².